The highest BCUT2D eigenvalue weighted by atomic mass is 16.4. The summed E-state index contributed by atoms with van der Waals surface area (Å²) in [6.45, 7) is 6.29. The summed E-state index contributed by atoms with van der Waals surface area (Å²) in [6.07, 6.45) is -0.767. The zero-order valence-electron chi connectivity index (χ0n) is 27.5. The molecule has 0 spiro atoms. The molecule has 2 rings (SSSR count). The number of benzene rings is 1. The molecule has 17 nitrogen and oxygen atoms in total. The molecule has 266 valence electrons. The van der Waals surface area contributed by atoms with Gasteiger partial charge in [-0.2, -0.15) is 0 Å². The van der Waals surface area contributed by atoms with Crippen LogP contribution in [-0.4, -0.2) is 111 Å². The van der Waals surface area contributed by atoms with Crippen LogP contribution in [0.25, 0.3) is 0 Å². The van der Waals surface area contributed by atoms with Crippen molar-refractivity contribution in [2.24, 2.45) is 17.4 Å². The lowest BCUT2D eigenvalue weighted by Gasteiger charge is -2.32. The Labute approximate surface area is 278 Å². The van der Waals surface area contributed by atoms with E-state index in [1.165, 1.54) is 43.0 Å². The number of hydrogen-bond donors (Lipinski definition) is 9. The molecular weight excluding hydrogens is 630 g/mol. The number of aliphatic hydroxyl groups is 1. The molecule has 0 saturated carbocycles. The third-order valence-electron chi connectivity index (χ3n) is 8.22. The lowest BCUT2D eigenvalue weighted by atomic mass is 9.97. The van der Waals surface area contributed by atoms with Crippen LogP contribution in [0, 0.1) is 5.92 Å². The van der Waals surface area contributed by atoms with Gasteiger partial charge in [0.05, 0.1) is 12.5 Å². The molecule has 6 amide bonds. The monoisotopic (exact) mass is 677 g/mol. The van der Waals surface area contributed by atoms with Crippen LogP contribution in [0.4, 0.5) is 0 Å². The zero-order chi connectivity index (χ0) is 36.3. The maximum absolute atomic E-state index is 13.8. The number of rotatable bonds is 17. The van der Waals surface area contributed by atoms with Crippen molar-refractivity contribution < 1.29 is 48.9 Å². The highest BCUT2D eigenvalue weighted by Gasteiger charge is 2.40. The normalized spacial score (nSPS) is 18.6. The lowest BCUT2D eigenvalue weighted by Crippen LogP contribution is -2.60. The van der Waals surface area contributed by atoms with Crippen LogP contribution in [0.15, 0.2) is 24.3 Å². The summed E-state index contributed by atoms with van der Waals surface area (Å²) in [5.74, 6) is -6.49. The van der Waals surface area contributed by atoms with Crippen LogP contribution in [0.5, 0.6) is 5.75 Å². The Bertz CT molecular complexity index is 1340. The maximum atomic E-state index is 13.8. The van der Waals surface area contributed by atoms with Gasteiger partial charge in [0.15, 0.2) is 0 Å². The number of phenols is 1. The van der Waals surface area contributed by atoms with Gasteiger partial charge in [0.25, 0.3) is 0 Å². The van der Waals surface area contributed by atoms with E-state index in [0.29, 0.717) is 18.4 Å². The number of carboxylic acid groups (broad SMARTS) is 1. The average molecular weight is 678 g/mol. The predicted octanol–water partition coefficient (Wildman–Crippen LogP) is -2.40. The number of carboxylic acids is 1. The van der Waals surface area contributed by atoms with Crippen molar-refractivity contribution in [3.63, 3.8) is 0 Å². The van der Waals surface area contributed by atoms with Gasteiger partial charge in [-0.1, -0.05) is 32.4 Å². The molecule has 8 atom stereocenters. The molecule has 1 aliphatic heterocycles. The van der Waals surface area contributed by atoms with Crippen LogP contribution in [0.2, 0.25) is 0 Å². The molecule has 0 bridgehead atoms. The summed E-state index contributed by atoms with van der Waals surface area (Å²) in [5.41, 5.74) is 11.4. The molecule has 1 aliphatic rings. The second-order valence-electron chi connectivity index (χ2n) is 12.1. The number of aliphatic hydroxyl groups excluding tert-OH is 1. The Balaban J connectivity index is 2.15. The molecule has 1 aromatic rings. The number of primary amides is 1. The smallest absolute Gasteiger partial charge is 0.326 e. The number of carbonyl (C=O) groups is 7. The van der Waals surface area contributed by atoms with Crippen molar-refractivity contribution in [2.45, 2.75) is 102 Å². The van der Waals surface area contributed by atoms with Gasteiger partial charge in [0.2, 0.25) is 35.4 Å². The largest absolute Gasteiger partial charge is 0.508 e. The van der Waals surface area contributed by atoms with Crippen LogP contribution in [0.3, 0.4) is 0 Å². The minimum atomic E-state index is -1.51. The van der Waals surface area contributed by atoms with E-state index in [2.05, 4.69) is 21.3 Å². The van der Waals surface area contributed by atoms with Gasteiger partial charge in [-0.15, -0.1) is 0 Å². The fraction of sp³-hybridized carbons (Fsp3) is 0.581. The molecule has 0 unspecified atom stereocenters. The second kappa shape index (κ2) is 18.0. The average Bonchev–Trinajstić information content (AvgIpc) is 3.52. The van der Waals surface area contributed by atoms with Crippen LogP contribution in [-0.2, 0) is 40.0 Å². The third kappa shape index (κ3) is 11.2. The number of carbonyl (C=O) groups excluding carboxylic acids is 6. The first-order valence-corrected chi connectivity index (χ1v) is 15.7. The maximum Gasteiger partial charge on any atom is 0.326 e. The van der Waals surface area contributed by atoms with Crippen molar-refractivity contribution in [3.05, 3.63) is 29.8 Å². The summed E-state index contributed by atoms with van der Waals surface area (Å²) < 4.78 is 0. The zero-order valence-corrected chi connectivity index (χ0v) is 27.5. The predicted molar refractivity (Wildman–Crippen MR) is 171 cm³/mol. The van der Waals surface area contributed by atoms with E-state index < -0.39 is 96.1 Å². The Kier molecular flexibility index (Phi) is 14.7. The molecule has 0 aliphatic carbocycles. The van der Waals surface area contributed by atoms with Crippen LogP contribution < -0.4 is 32.7 Å². The molecule has 11 N–H and O–H groups in total. The van der Waals surface area contributed by atoms with E-state index >= 15 is 0 Å². The summed E-state index contributed by atoms with van der Waals surface area (Å²) in [6, 6.07) is -1.72. The van der Waals surface area contributed by atoms with Crippen molar-refractivity contribution in [2.75, 3.05) is 6.54 Å². The van der Waals surface area contributed by atoms with Gasteiger partial charge >= 0.3 is 5.97 Å². The Morgan fingerprint density at radius 3 is 2.08 bits per heavy atom. The summed E-state index contributed by atoms with van der Waals surface area (Å²) in [7, 11) is 0. The van der Waals surface area contributed by atoms with E-state index in [-0.39, 0.29) is 25.1 Å². The molecule has 0 radical (unpaired) electrons. The molecule has 48 heavy (non-hydrogen) atoms. The molecule has 1 heterocycles. The van der Waals surface area contributed by atoms with Gasteiger partial charge in [-0.3, -0.25) is 28.8 Å². The summed E-state index contributed by atoms with van der Waals surface area (Å²) in [4.78, 5) is 90.4. The van der Waals surface area contributed by atoms with Gasteiger partial charge in [0.1, 0.15) is 42.0 Å². The third-order valence-corrected chi connectivity index (χ3v) is 8.22. The van der Waals surface area contributed by atoms with Crippen molar-refractivity contribution in [1.82, 2.24) is 26.2 Å². The highest BCUT2D eigenvalue weighted by molar-refractivity contribution is 5.97. The fourth-order valence-electron chi connectivity index (χ4n) is 5.06. The van der Waals surface area contributed by atoms with Crippen molar-refractivity contribution in [1.29, 1.82) is 0 Å². The minimum Gasteiger partial charge on any atom is -0.508 e. The van der Waals surface area contributed by atoms with Crippen LogP contribution in [0.1, 0.15) is 58.9 Å². The first kappa shape index (κ1) is 39.4. The van der Waals surface area contributed by atoms with Gasteiger partial charge < -0.3 is 53.0 Å². The van der Waals surface area contributed by atoms with Crippen molar-refractivity contribution >= 4 is 41.4 Å². The number of aliphatic carboxylic acids is 1. The number of likely N-dealkylation sites (tertiary alicyclic amines) is 1. The van der Waals surface area contributed by atoms with E-state index in [4.69, 9.17) is 11.5 Å². The first-order chi connectivity index (χ1) is 22.5. The first-order valence-electron chi connectivity index (χ1n) is 15.7. The molecular formula is C31H47N7O10. The Hall–Kier alpha value is -4.77. The number of hydrogen-bond acceptors (Lipinski definition) is 10. The van der Waals surface area contributed by atoms with Gasteiger partial charge in [-0.25, -0.2) is 4.79 Å². The lowest BCUT2D eigenvalue weighted by molar-refractivity contribution is -0.145. The van der Waals surface area contributed by atoms with E-state index in [0.717, 1.165) is 0 Å². The number of amides is 6. The van der Waals surface area contributed by atoms with Crippen LogP contribution >= 0.6 is 0 Å². The fourth-order valence-corrected chi connectivity index (χ4v) is 5.06. The standard InChI is InChI=1S/C31H47N7O10/c1-5-15(2)25(37-26(42)16(3)34-27(43)20(14-23(32)41)35-29(45)24(33)17(4)39)30(46)38-12-6-7-22(38)28(44)36-21(31(47)48)13-18-8-10-19(40)11-9-18/h8-11,15-17,20-22,24-25,39-40H,5-7,12-14,33H2,1-4H3,(H2,32,41)(H,34,43)(H,35,45)(H,36,44)(H,37,42)(H,47,48)/t15-,16-,17+,20-,21-,22-,24-,25-/m0/s1. The minimum absolute atomic E-state index is 0.00408. The number of aromatic hydroxyl groups is 1. The summed E-state index contributed by atoms with van der Waals surface area (Å²) >= 11 is 0. The second-order valence-corrected chi connectivity index (χ2v) is 12.1. The molecule has 17 heteroatoms. The molecule has 0 aromatic heterocycles. The molecule has 1 saturated heterocycles. The van der Waals surface area contributed by atoms with E-state index in [9.17, 15) is 48.9 Å². The number of nitrogens with one attached hydrogen (secondary N) is 4. The van der Waals surface area contributed by atoms with E-state index in [1.807, 2.05) is 0 Å². The number of nitrogens with two attached hydrogens (primary N) is 2. The van der Waals surface area contributed by atoms with Crippen molar-refractivity contribution in [3.8, 4) is 5.75 Å². The summed E-state index contributed by atoms with van der Waals surface area (Å²) in [5, 5.41) is 38.6. The van der Waals surface area contributed by atoms with Gasteiger partial charge in [0, 0.05) is 13.0 Å². The number of nitrogens with zero attached hydrogens (tertiary/aromatic N) is 1. The topological polar surface area (TPSA) is 284 Å². The molecule has 1 fully saturated rings. The Morgan fingerprint density at radius 2 is 1.54 bits per heavy atom. The SMILES string of the molecule is CC[C@H](C)[C@H](NC(=O)[C@H](C)NC(=O)[C@H](CC(N)=O)NC(=O)[C@@H](N)[C@@H](C)O)C(=O)N1CCC[C@H]1C(=O)N[C@@H](Cc1ccc(O)cc1)C(=O)O. The van der Waals surface area contributed by atoms with E-state index in [1.54, 1.807) is 13.8 Å². The quantitative estimate of drug-likeness (QED) is 0.0838. The number of phenolic OH excluding ortho intramolecular Hbond substituents is 1. The highest BCUT2D eigenvalue weighted by Crippen LogP contribution is 2.22. The van der Waals surface area contributed by atoms with Gasteiger partial charge in [-0.05, 0) is 50.3 Å². The Morgan fingerprint density at radius 1 is 0.917 bits per heavy atom. The molecule has 1 aromatic carbocycles.